The number of anilines is 2. The van der Waals surface area contributed by atoms with Crippen LogP contribution in [0, 0.1) is 44.0 Å². The molecule has 28 heteroatoms. The highest BCUT2D eigenvalue weighted by Crippen LogP contribution is 2.40. The summed E-state index contributed by atoms with van der Waals surface area (Å²) < 4.78 is 189. The number of hydrogen-bond donors (Lipinski definition) is 6. The first kappa shape index (κ1) is 63.5. The van der Waals surface area contributed by atoms with E-state index in [1.165, 1.54) is 81.0 Å². The number of rotatable bonds is 20. The molecule has 15 nitrogen and oxygen atoms in total. The molecule has 8 aromatic rings. The minimum atomic E-state index is -5.12. The summed E-state index contributed by atoms with van der Waals surface area (Å²) in [5.74, 6) is -13.2. The molecule has 2 amide bonds. The average Bonchev–Trinajstić information content (AvgIpc) is 1.07. The number of hydrogen-bond acceptors (Lipinski definition) is 11. The topological polar surface area (TPSA) is 221 Å². The lowest BCUT2D eigenvalue weighted by Crippen LogP contribution is -2.43. The molecule has 6 N–H and O–H groups in total. The van der Waals surface area contributed by atoms with E-state index in [4.69, 9.17) is 0 Å². The number of nitrogens with one attached hydrogen (secondary N) is 4. The maximum absolute atomic E-state index is 15.8. The zero-order valence-corrected chi connectivity index (χ0v) is 45.8. The number of amides is 2. The van der Waals surface area contributed by atoms with E-state index in [0.29, 0.717) is 35.5 Å². The molecule has 0 radical (unpaired) electrons. The molecule has 0 unspecified atom stereocenters. The predicted molar refractivity (Wildman–Crippen MR) is 290 cm³/mol. The highest BCUT2D eigenvalue weighted by molar-refractivity contribution is 6.00. The van der Waals surface area contributed by atoms with Crippen LogP contribution in [-0.4, -0.2) is 95.4 Å². The summed E-state index contributed by atoms with van der Waals surface area (Å²) in [5, 5.41) is 28.6. The number of fused-ring (bicyclic) bond motifs is 2. The average molecular weight is 1230 g/mol. The van der Waals surface area contributed by atoms with Crippen LogP contribution in [-0.2, 0) is 35.0 Å². The molecule has 8 rings (SSSR count). The third-order valence-corrected chi connectivity index (χ3v) is 14.1. The van der Waals surface area contributed by atoms with Crippen LogP contribution in [0.5, 0.6) is 0 Å². The fourth-order valence-electron chi connectivity index (χ4n) is 9.55. The zero-order chi connectivity index (χ0) is 63.6. The van der Waals surface area contributed by atoms with Gasteiger partial charge in [0.25, 0.3) is 11.8 Å². The summed E-state index contributed by atoms with van der Waals surface area (Å²) in [5.41, 5.74) is -3.93. The summed E-state index contributed by atoms with van der Waals surface area (Å²) in [6, 6.07) is 4.66. The number of carbonyl (C=O) groups is 4. The highest BCUT2D eigenvalue weighted by Gasteiger charge is 2.41. The van der Waals surface area contributed by atoms with Crippen LogP contribution >= 0.6 is 0 Å². The smallest absolute Gasteiger partial charge is 0.418 e. The van der Waals surface area contributed by atoms with Crippen molar-refractivity contribution in [3.63, 3.8) is 0 Å². The van der Waals surface area contributed by atoms with Crippen molar-refractivity contribution in [2.45, 2.75) is 102 Å². The van der Waals surface area contributed by atoms with Crippen molar-refractivity contribution in [3.05, 3.63) is 171 Å². The van der Waals surface area contributed by atoms with Gasteiger partial charge in [-0.05, 0) is 111 Å². The molecule has 0 aliphatic carbocycles. The first-order valence-corrected chi connectivity index (χ1v) is 26.2. The maximum Gasteiger partial charge on any atom is 0.418 e. The first-order chi connectivity index (χ1) is 40.8. The second-order valence-corrected chi connectivity index (χ2v) is 20.2. The van der Waals surface area contributed by atoms with Crippen molar-refractivity contribution in [2.75, 3.05) is 10.6 Å². The zero-order valence-electron chi connectivity index (χ0n) is 45.8. The van der Waals surface area contributed by atoms with E-state index in [9.17, 15) is 68.9 Å². The summed E-state index contributed by atoms with van der Waals surface area (Å²) in [6.45, 7) is 5.96. The number of aromatic nitrogens is 5. The molecule has 4 atom stereocenters. The third-order valence-electron chi connectivity index (χ3n) is 14.1. The van der Waals surface area contributed by atoms with Crippen LogP contribution in [0.3, 0.4) is 0 Å². The molecule has 0 bridgehead atoms. The van der Waals surface area contributed by atoms with Crippen LogP contribution in [0.1, 0.15) is 79.7 Å². The van der Waals surface area contributed by atoms with Gasteiger partial charge in [0, 0.05) is 76.1 Å². The molecule has 0 saturated carbocycles. The Bertz CT molecular complexity index is 3950. The number of benzene rings is 4. The van der Waals surface area contributed by atoms with Crippen LogP contribution in [0.15, 0.2) is 97.5 Å². The number of carboxylic acids is 2. The molecule has 456 valence electrons. The largest absolute Gasteiger partial charge is 0.480 e. The summed E-state index contributed by atoms with van der Waals surface area (Å²) in [4.78, 5) is 73.5. The number of carbonyl (C=O) groups excluding carboxylic acids is 2. The van der Waals surface area contributed by atoms with Gasteiger partial charge in [0.2, 0.25) is 0 Å². The minimum absolute atomic E-state index is 0.00897. The number of alkyl halides is 9. The van der Waals surface area contributed by atoms with E-state index in [0.717, 1.165) is 6.07 Å². The minimum Gasteiger partial charge on any atom is -0.480 e. The van der Waals surface area contributed by atoms with E-state index in [-0.39, 0.29) is 61.1 Å². The first-order valence-electron chi connectivity index (χ1n) is 26.2. The van der Waals surface area contributed by atoms with Crippen molar-refractivity contribution < 1.29 is 86.5 Å². The Morgan fingerprint density at radius 3 is 1.60 bits per heavy atom. The molecule has 0 aliphatic rings. The SMILES string of the molecule is CC[C@@H](Nc1cc(F)c(C(=O)N[C@@H](Cc2ccc(-c3ncc(C)c(C)n3)c3nc(CC[C@@H](Nc4cc(F)c(C(=O)N[C@@H](Cc5ccc(-c6ncc(C)cc6C(F)(F)F)c6ncccc56)C(=O)O)c(F)c4)C(F)(F)F)ccc23)C(=O)O)c(F)c1)C(F)(F)F. The Labute approximate surface area is 484 Å². The van der Waals surface area contributed by atoms with Crippen molar-refractivity contribution in [3.8, 4) is 22.6 Å². The van der Waals surface area contributed by atoms with Crippen molar-refractivity contribution in [2.24, 2.45) is 0 Å². The lowest BCUT2D eigenvalue weighted by Gasteiger charge is -2.23. The van der Waals surface area contributed by atoms with Gasteiger partial charge in [-0.1, -0.05) is 37.3 Å². The maximum atomic E-state index is 15.8. The molecule has 0 aliphatic heterocycles. The Balaban J connectivity index is 1.01. The van der Waals surface area contributed by atoms with Gasteiger partial charge < -0.3 is 31.5 Å². The van der Waals surface area contributed by atoms with Crippen LogP contribution in [0.4, 0.5) is 68.5 Å². The van der Waals surface area contributed by atoms with Crippen molar-refractivity contribution >= 4 is 56.9 Å². The second-order valence-electron chi connectivity index (χ2n) is 20.2. The second kappa shape index (κ2) is 25.2. The number of carboxylic acid groups (broad SMARTS) is 2. The van der Waals surface area contributed by atoms with Gasteiger partial charge in [-0.2, -0.15) is 39.5 Å². The Morgan fingerprint density at radius 1 is 0.586 bits per heavy atom. The number of aliphatic carboxylic acids is 2. The van der Waals surface area contributed by atoms with Gasteiger partial charge in [-0.3, -0.25) is 24.5 Å². The van der Waals surface area contributed by atoms with E-state index >= 15 is 17.6 Å². The molecule has 0 saturated heterocycles. The molecule has 4 heterocycles. The number of halogens is 13. The molecule has 4 aromatic carbocycles. The van der Waals surface area contributed by atoms with Crippen LogP contribution < -0.4 is 21.3 Å². The summed E-state index contributed by atoms with van der Waals surface area (Å²) in [7, 11) is 0. The van der Waals surface area contributed by atoms with E-state index in [1.54, 1.807) is 13.8 Å². The van der Waals surface area contributed by atoms with Gasteiger partial charge >= 0.3 is 30.5 Å². The fraction of sp³-hybridized carbons (Fsp3) is 0.271. The highest BCUT2D eigenvalue weighted by atomic mass is 19.4. The molecule has 87 heavy (non-hydrogen) atoms. The normalized spacial score (nSPS) is 13.4. The van der Waals surface area contributed by atoms with Gasteiger partial charge in [-0.15, -0.1) is 0 Å². The van der Waals surface area contributed by atoms with E-state index in [1.807, 2.05) is 21.3 Å². The van der Waals surface area contributed by atoms with Crippen molar-refractivity contribution in [1.82, 2.24) is 35.6 Å². The molecular formula is C59H48F13N9O6. The lowest BCUT2D eigenvalue weighted by molar-refractivity contribution is -0.144. The number of pyridine rings is 3. The lowest BCUT2D eigenvalue weighted by atomic mass is 9.95. The number of aryl methyl sites for hydroxylation is 4. The number of nitrogens with zero attached hydrogens (tertiary/aromatic N) is 5. The van der Waals surface area contributed by atoms with Crippen LogP contribution in [0.2, 0.25) is 0 Å². The molecule has 0 fully saturated rings. The Kier molecular flexibility index (Phi) is 18.4. The van der Waals surface area contributed by atoms with E-state index in [2.05, 4.69) is 24.9 Å². The summed E-state index contributed by atoms with van der Waals surface area (Å²) >= 11 is 0. The van der Waals surface area contributed by atoms with Crippen LogP contribution in [0.25, 0.3) is 44.5 Å². The Morgan fingerprint density at radius 2 is 1.10 bits per heavy atom. The predicted octanol–water partition coefficient (Wildman–Crippen LogP) is 12.4. The van der Waals surface area contributed by atoms with Gasteiger partial charge in [0.05, 0.1) is 22.3 Å². The third kappa shape index (κ3) is 14.4. The quantitative estimate of drug-likeness (QED) is 0.0392. The molecule has 4 aromatic heterocycles. The molecular weight excluding hydrogens is 1180 g/mol. The Hall–Kier alpha value is -9.50. The van der Waals surface area contributed by atoms with E-state index < -0.39 is 156 Å². The van der Waals surface area contributed by atoms with Crippen molar-refractivity contribution in [1.29, 1.82) is 0 Å². The standard InChI is InChI=1S/C59H48F13N9O6/c1-5-45(58(67,68)69)77-32-20-39(60)47(40(61)21-32)53(82)81-44(56(86)87)19-30-9-13-37(52-75-25-27(3)28(4)76-52)50-35(30)14-10-31(79-50)11-15-46(59(70,71)72)78-33-22-41(62)48(42(63)23-33)54(83)80-43(55(84)85)18-29-8-12-36(49-34(29)7-6-16-73-49)51-38(57(64,65)66)17-26(2)24-74-51/h6-10,12-14,16-17,20-25,43-46,77-78H,5,11,15,18-19H2,1-4H3,(H,80,83)(H,81,82)(H,84,85)(H,86,87)/t43-,44-,45+,46+/m0/s1. The van der Waals surface area contributed by atoms with Gasteiger partial charge in [-0.25, -0.2) is 37.1 Å². The van der Waals surface area contributed by atoms with Gasteiger partial charge in [0.15, 0.2) is 5.82 Å². The van der Waals surface area contributed by atoms with Gasteiger partial charge in [0.1, 0.15) is 58.6 Å². The summed E-state index contributed by atoms with van der Waals surface area (Å²) in [6.07, 6.45) is -13.9. The fourth-order valence-corrected chi connectivity index (χ4v) is 9.55. The monoisotopic (exact) mass is 1230 g/mol. The molecule has 0 spiro atoms.